The van der Waals surface area contributed by atoms with E-state index in [9.17, 15) is 10.1 Å². The first-order chi connectivity index (χ1) is 15.1. The SMILES string of the molecule is Cc1oc(-n2cccc2)c(C#N)c1C(=O)Nc1nc(-c2ccc3c(c2)OCCO3)cs1. The number of aryl methyl sites for hydroxylation is 1. The van der Waals surface area contributed by atoms with Crippen molar-refractivity contribution in [3.63, 3.8) is 0 Å². The second-order valence-corrected chi connectivity index (χ2v) is 7.62. The van der Waals surface area contributed by atoms with Gasteiger partial charge in [0, 0.05) is 23.3 Å². The average molecular weight is 432 g/mol. The fourth-order valence-electron chi connectivity index (χ4n) is 3.38. The molecule has 0 atom stereocenters. The lowest BCUT2D eigenvalue weighted by molar-refractivity contribution is 0.102. The highest BCUT2D eigenvalue weighted by atomic mass is 32.1. The van der Waals surface area contributed by atoms with E-state index in [1.807, 2.05) is 35.7 Å². The minimum Gasteiger partial charge on any atom is -0.486 e. The first kappa shape index (κ1) is 19.0. The van der Waals surface area contributed by atoms with Gasteiger partial charge in [-0.3, -0.25) is 14.7 Å². The minimum atomic E-state index is -0.445. The molecule has 0 radical (unpaired) electrons. The van der Waals surface area contributed by atoms with Gasteiger partial charge in [-0.15, -0.1) is 11.3 Å². The Morgan fingerprint density at radius 3 is 2.77 bits per heavy atom. The monoisotopic (exact) mass is 432 g/mol. The number of furan rings is 1. The molecule has 0 unspecified atom stereocenters. The van der Waals surface area contributed by atoms with Crippen LogP contribution in [0, 0.1) is 18.3 Å². The summed E-state index contributed by atoms with van der Waals surface area (Å²) < 4.78 is 18.5. The van der Waals surface area contributed by atoms with Gasteiger partial charge in [0.05, 0.1) is 5.69 Å². The average Bonchev–Trinajstić information content (AvgIpc) is 3.53. The summed E-state index contributed by atoms with van der Waals surface area (Å²) in [6, 6.07) is 11.3. The van der Waals surface area contributed by atoms with Crippen LogP contribution in [0.15, 0.2) is 52.5 Å². The molecule has 0 saturated carbocycles. The Morgan fingerprint density at radius 1 is 1.23 bits per heavy atom. The standard InChI is InChI=1S/C22H16N4O4S/c1-13-19(15(11-23)21(30-13)26-6-2-3-7-26)20(27)25-22-24-16(12-31-22)14-4-5-17-18(10-14)29-9-8-28-17/h2-7,10,12H,8-9H2,1H3,(H,24,25,27). The predicted molar refractivity (Wildman–Crippen MR) is 114 cm³/mol. The van der Waals surface area contributed by atoms with E-state index in [-0.39, 0.29) is 11.1 Å². The van der Waals surface area contributed by atoms with Gasteiger partial charge in [-0.2, -0.15) is 5.26 Å². The highest BCUT2D eigenvalue weighted by Gasteiger charge is 2.25. The zero-order chi connectivity index (χ0) is 21.4. The van der Waals surface area contributed by atoms with E-state index in [2.05, 4.69) is 16.4 Å². The lowest BCUT2D eigenvalue weighted by atomic mass is 10.1. The number of nitrogens with one attached hydrogen (secondary N) is 1. The molecule has 0 aliphatic carbocycles. The van der Waals surface area contributed by atoms with Crippen LogP contribution in [0.2, 0.25) is 0 Å². The summed E-state index contributed by atoms with van der Waals surface area (Å²) in [6.45, 7) is 2.69. The Hall–Kier alpha value is -4.03. The number of carbonyl (C=O) groups is 1. The molecule has 3 aromatic heterocycles. The third kappa shape index (κ3) is 3.43. The highest BCUT2D eigenvalue weighted by molar-refractivity contribution is 7.14. The number of benzene rings is 1. The second kappa shape index (κ2) is 7.66. The molecule has 0 fully saturated rings. The number of rotatable bonds is 4. The van der Waals surface area contributed by atoms with Gasteiger partial charge < -0.3 is 13.9 Å². The first-order valence-corrected chi connectivity index (χ1v) is 10.4. The molecule has 31 heavy (non-hydrogen) atoms. The summed E-state index contributed by atoms with van der Waals surface area (Å²) in [5.74, 6) is 1.61. The molecule has 1 aliphatic rings. The number of aromatic nitrogens is 2. The van der Waals surface area contributed by atoms with Crippen molar-refractivity contribution in [3.05, 3.63) is 65.0 Å². The van der Waals surface area contributed by atoms with Crippen molar-refractivity contribution in [2.24, 2.45) is 0 Å². The number of amides is 1. The van der Waals surface area contributed by atoms with Gasteiger partial charge in [-0.1, -0.05) is 0 Å². The number of nitrogens with zero attached hydrogens (tertiary/aromatic N) is 3. The summed E-state index contributed by atoms with van der Waals surface area (Å²) >= 11 is 1.29. The normalized spacial score (nSPS) is 12.4. The van der Waals surface area contributed by atoms with Crippen molar-refractivity contribution in [1.29, 1.82) is 5.26 Å². The van der Waals surface area contributed by atoms with Crippen LogP contribution < -0.4 is 14.8 Å². The van der Waals surface area contributed by atoms with Crippen LogP contribution in [-0.2, 0) is 0 Å². The van der Waals surface area contributed by atoms with Crippen molar-refractivity contribution in [2.75, 3.05) is 18.5 Å². The Bertz CT molecular complexity index is 1310. The van der Waals surface area contributed by atoms with Gasteiger partial charge in [0.15, 0.2) is 16.6 Å². The molecule has 1 amide bonds. The Labute approximate surface area is 181 Å². The molecule has 0 bridgehead atoms. The van der Waals surface area contributed by atoms with Crippen molar-refractivity contribution < 1.29 is 18.7 Å². The molecule has 4 heterocycles. The zero-order valence-electron chi connectivity index (χ0n) is 16.4. The number of nitriles is 1. The summed E-state index contributed by atoms with van der Waals surface area (Å²) in [5.41, 5.74) is 1.93. The van der Waals surface area contributed by atoms with Crippen molar-refractivity contribution in [3.8, 4) is 34.7 Å². The van der Waals surface area contributed by atoms with Crippen LogP contribution in [0.25, 0.3) is 17.1 Å². The van der Waals surface area contributed by atoms with Crippen LogP contribution in [0.5, 0.6) is 11.5 Å². The van der Waals surface area contributed by atoms with E-state index in [1.54, 1.807) is 23.9 Å². The van der Waals surface area contributed by atoms with Crippen LogP contribution in [0.1, 0.15) is 21.7 Å². The van der Waals surface area contributed by atoms with E-state index in [1.165, 1.54) is 11.3 Å². The van der Waals surface area contributed by atoms with Gasteiger partial charge in [0.1, 0.15) is 36.2 Å². The van der Waals surface area contributed by atoms with Crippen molar-refractivity contribution in [2.45, 2.75) is 6.92 Å². The number of anilines is 1. The molecular formula is C22H16N4O4S. The molecule has 0 saturated heterocycles. The second-order valence-electron chi connectivity index (χ2n) is 6.77. The molecule has 1 N–H and O–H groups in total. The maximum atomic E-state index is 12.9. The van der Waals surface area contributed by atoms with Gasteiger partial charge in [0.2, 0.25) is 5.88 Å². The number of hydrogen-bond acceptors (Lipinski definition) is 7. The Kier molecular flexibility index (Phi) is 4.69. The van der Waals surface area contributed by atoms with Crippen LogP contribution >= 0.6 is 11.3 Å². The maximum absolute atomic E-state index is 12.9. The summed E-state index contributed by atoms with van der Waals surface area (Å²) in [6.07, 6.45) is 3.50. The number of carbonyl (C=O) groups excluding carboxylic acids is 1. The fourth-order valence-corrected chi connectivity index (χ4v) is 4.10. The van der Waals surface area contributed by atoms with E-state index in [0.29, 0.717) is 47.2 Å². The molecule has 1 aliphatic heterocycles. The van der Waals surface area contributed by atoms with Crippen molar-refractivity contribution in [1.82, 2.24) is 9.55 Å². The lowest BCUT2D eigenvalue weighted by Crippen LogP contribution is -2.15. The molecule has 1 aromatic carbocycles. The highest BCUT2D eigenvalue weighted by Crippen LogP contribution is 2.35. The third-order valence-electron chi connectivity index (χ3n) is 4.81. The minimum absolute atomic E-state index is 0.176. The molecule has 5 rings (SSSR count). The van der Waals surface area contributed by atoms with Gasteiger partial charge in [0.25, 0.3) is 5.91 Å². The number of ether oxygens (including phenoxy) is 2. The first-order valence-electron chi connectivity index (χ1n) is 9.48. The molecular weight excluding hydrogens is 416 g/mol. The van der Waals surface area contributed by atoms with E-state index in [4.69, 9.17) is 13.9 Å². The molecule has 9 heteroatoms. The molecule has 154 valence electrons. The smallest absolute Gasteiger partial charge is 0.262 e. The molecule has 0 spiro atoms. The summed E-state index contributed by atoms with van der Waals surface area (Å²) in [4.78, 5) is 17.4. The third-order valence-corrected chi connectivity index (χ3v) is 5.56. The topological polar surface area (TPSA) is 102 Å². The number of thiazole rings is 1. The van der Waals surface area contributed by atoms with Gasteiger partial charge in [-0.25, -0.2) is 4.98 Å². The predicted octanol–water partition coefficient (Wildman–Crippen LogP) is 4.40. The van der Waals surface area contributed by atoms with Crippen LogP contribution in [0.4, 0.5) is 5.13 Å². The Morgan fingerprint density at radius 2 is 2.00 bits per heavy atom. The van der Waals surface area contributed by atoms with E-state index in [0.717, 1.165) is 5.56 Å². The van der Waals surface area contributed by atoms with Crippen LogP contribution in [0.3, 0.4) is 0 Å². The zero-order valence-corrected chi connectivity index (χ0v) is 17.2. The van der Waals surface area contributed by atoms with Gasteiger partial charge in [-0.05, 0) is 37.3 Å². The Balaban J connectivity index is 1.40. The fraction of sp³-hybridized carbons (Fsp3) is 0.136. The summed E-state index contributed by atoms with van der Waals surface area (Å²) in [5, 5.41) is 14.7. The van der Waals surface area contributed by atoms with E-state index >= 15 is 0 Å². The maximum Gasteiger partial charge on any atom is 0.262 e. The number of hydrogen-bond donors (Lipinski definition) is 1. The van der Waals surface area contributed by atoms with Crippen LogP contribution in [-0.4, -0.2) is 28.7 Å². The van der Waals surface area contributed by atoms with Crippen molar-refractivity contribution >= 4 is 22.4 Å². The van der Waals surface area contributed by atoms with Gasteiger partial charge >= 0.3 is 0 Å². The van der Waals surface area contributed by atoms with E-state index < -0.39 is 5.91 Å². The molecule has 4 aromatic rings. The quantitative estimate of drug-likeness (QED) is 0.513. The number of fused-ring (bicyclic) bond motifs is 1. The lowest BCUT2D eigenvalue weighted by Gasteiger charge is -2.18. The summed E-state index contributed by atoms with van der Waals surface area (Å²) in [7, 11) is 0. The molecule has 8 nitrogen and oxygen atoms in total. The largest absolute Gasteiger partial charge is 0.486 e.